The zero-order valence-electron chi connectivity index (χ0n) is 13.0. The maximum Gasteiger partial charge on any atom is 0.490 e. The number of carboxylic acids is 1. The predicted octanol–water partition coefficient (Wildman–Crippen LogP) is 3.56. The van der Waals surface area contributed by atoms with Gasteiger partial charge in [0.05, 0.1) is 16.8 Å². The minimum atomic E-state index is -5.08. The van der Waals surface area contributed by atoms with Crippen LogP contribution >= 0.6 is 11.6 Å². The quantitative estimate of drug-likeness (QED) is 0.765. The molecule has 2 heterocycles. The van der Waals surface area contributed by atoms with E-state index in [1.54, 1.807) is 12.1 Å². The van der Waals surface area contributed by atoms with Crippen LogP contribution in [-0.4, -0.2) is 34.8 Å². The molecule has 3 rings (SSSR count). The summed E-state index contributed by atoms with van der Waals surface area (Å²) in [5, 5.41) is 10.8. The third-order valence-corrected chi connectivity index (χ3v) is 3.43. The smallest absolute Gasteiger partial charge is 0.475 e. The van der Waals surface area contributed by atoms with Gasteiger partial charge in [0, 0.05) is 24.5 Å². The number of nitrogens with one attached hydrogen (secondary N) is 1. The summed E-state index contributed by atoms with van der Waals surface area (Å²) in [7, 11) is 0. The standard InChI is InChI=1S/C14H11ClN2O2.C2HF3O2/c15-9-6-10(8-16-7-9)19-14(18)12-2-1-3-13-11(12)4-5-17-13;3-2(4,5)1(6)7/h1-3,6-8,17H,4-5H2;(H,6,7). The second-order valence-electron chi connectivity index (χ2n) is 5.04. The van der Waals surface area contributed by atoms with Crippen molar-refractivity contribution in [1.29, 1.82) is 0 Å². The second kappa shape index (κ2) is 8.05. The van der Waals surface area contributed by atoms with Gasteiger partial charge in [-0.2, -0.15) is 13.2 Å². The molecule has 1 aromatic carbocycles. The molecule has 0 saturated carbocycles. The Bertz CT molecular complexity index is 827. The molecule has 1 aliphatic rings. The number of hydrogen-bond acceptors (Lipinski definition) is 5. The van der Waals surface area contributed by atoms with Crippen LogP contribution in [0.4, 0.5) is 18.9 Å². The highest BCUT2D eigenvalue weighted by molar-refractivity contribution is 6.30. The van der Waals surface area contributed by atoms with Crippen molar-refractivity contribution in [3.8, 4) is 5.75 Å². The predicted molar refractivity (Wildman–Crippen MR) is 86.5 cm³/mol. The maximum absolute atomic E-state index is 12.2. The SMILES string of the molecule is O=C(O)C(F)(F)F.O=C(Oc1cncc(Cl)c1)c1cccc2c1CCN2. The van der Waals surface area contributed by atoms with Crippen molar-refractivity contribution in [2.24, 2.45) is 0 Å². The number of alkyl halides is 3. The monoisotopic (exact) mass is 388 g/mol. The first-order valence-corrected chi connectivity index (χ1v) is 7.55. The van der Waals surface area contributed by atoms with E-state index in [0.29, 0.717) is 16.3 Å². The molecule has 0 atom stereocenters. The molecule has 0 radical (unpaired) electrons. The van der Waals surface area contributed by atoms with Gasteiger partial charge in [-0.1, -0.05) is 17.7 Å². The third kappa shape index (κ3) is 5.09. The summed E-state index contributed by atoms with van der Waals surface area (Å²) < 4.78 is 37.0. The summed E-state index contributed by atoms with van der Waals surface area (Å²) in [6.45, 7) is 0.846. The molecule has 0 fully saturated rings. The van der Waals surface area contributed by atoms with Crippen LogP contribution in [0.3, 0.4) is 0 Å². The molecule has 0 bridgehead atoms. The van der Waals surface area contributed by atoms with Crippen LogP contribution in [0.2, 0.25) is 5.02 Å². The first-order valence-electron chi connectivity index (χ1n) is 7.17. The van der Waals surface area contributed by atoms with Crippen molar-refractivity contribution >= 4 is 29.2 Å². The summed E-state index contributed by atoms with van der Waals surface area (Å²) >= 11 is 5.80. The van der Waals surface area contributed by atoms with Crippen LogP contribution in [0.25, 0.3) is 0 Å². The number of carbonyl (C=O) groups excluding carboxylic acids is 1. The van der Waals surface area contributed by atoms with Crippen molar-refractivity contribution in [3.63, 3.8) is 0 Å². The van der Waals surface area contributed by atoms with E-state index in [0.717, 1.165) is 24.2 Å². The topological polar surface area (TPSA) is 88.5 Å². The lowest BCUT2D eigenvalue weighted by atomic mass is 10.1. The number of fused-ring (bicyclic) bond motifs is 1. The largest absolute Gasteiger partial charge is 0.490 e. The highest BCUT2D eigenvalue weighted by Gasteiger charge is 2.38. The lowest BCUT2D eigenvalue weighted by Gasteiger charge is -2.08. The number of carboxylic acid groups (broad SMARTS) is 1. The molecule has 10 heteroatoms. The molecule has 0 amide bonds. The van der Waals surface area contributed by atoms with Crippen molar-refractivity contribution in [2.75, 3.05) is 11.9 Å². The van der Waals surface area contributed by atoms with Crippen molar-refractivity contribution < 1.29 is 32.6 Å². The van der Waals surface area contributed by atoms with Crippen LogP contribution in [-0.2, 0) is 11.2 Å². The molecule has 2 aromatic rings. The van der Waals surface area contributed by atoms with Gasteiger partial charge in [-0.25, -0.2) is 9.59 Å². The Labute approximate surface area is 150 Å². The van der Waals surface area contributed by atoms with E-state index in [1.165, 1.54) is 12.4 Å². The van der Waals surface area contributed by atoms with Crippen molar-refractivity contribution in [1.82, 2.24) is 4.98 Å². The van der Waals surface area contributed by atoms with Crippen LogP contribution < -0.4 is 10.1 Å². The van der Waals surface area contributed by atoms with Gasteiger partial charge in [-0.3, -0.25) is 4.98 Å². The van der Waals surface area contributed by atoms with Crippen LogP contribution in [0.15, 0.2) is 36.7 Å². The van der Waals surface area contributed by atoms with Gasteiger partial charge in [0.15, 0.2) is 5.75 Å². The highest BCUT2D eigenvalue weighted by Crippen LogP contribution is 2.26. The zero-order valence-corrected chi connectivity index (χ0v) is 13.8. The van der Waals surface area contributed by atoms with E-state index in [1.807, 2.05) is 12.1 Å². The first-order chi connectivity index (χ1) is 12.2. The Morgan fingerprint density at radius 3 is 2.58 bits per heavy atom. The van der Waals surface area contributed by atoms with E-state index < -0.39 is 12.1 Å². The number of carbonyl (C=O) groups is 2. The molecule has 0 aliphatic carbocycles. The van der Waals surface area contributed by atoms with Gasteiger partial charge < -0.3 is 15.2 Å². The number of ether oxygens (including phenoxy) is 1. The lowest BCUT2D eigenvalue weighted by Crippen LogP contribution is -2.21. The molecule has 26 heavy (non-hydrogen) atoms. The van der Waals surface area contributed by atoms with Gasteiger partial charge in [0.1, 0.15) is 0 Å². The Morgan fingerprint density at radius 1 is 1.27 bits per heavy atom. The van der Waals surface area contributed by atoms with Crippen molar-refractivity contribution in [2.45, 2.75) is 12.6 Å². The minimum absolute atomic E-state index is 0.348. The van der Waals surface area contributed by atoms with Crippen LogP contribution in [0.5, 0.6) is 5.75 Å². The van der Waals surface area contributed by atoms with E-state index in [9.17, 15) is 18.0 Å². The van der Waals surface area contributed by atoms with E-state index in [2.05, 4.69) is 10.3 Å². The molecule has 138 valence electrons. The average Bonchev–Trinajstić information content (AvgIpc) is 3.03. The Morgan fingerprint density at radius 2 is 1.96 bits per heavy atom. The average molecular weight is 389 g/mol. The van der Waals surface area contributed by atoms with E-state index in [4.69, 9.17) is 26.2 Å². The van der Waals surface area contributed by atoms with E-state index >= 15 is 0 Å². The second-order valence-corrected chi connectivity index (χ2v) is 5.48. The molecule has 1 aliphatic heterocycles. The molecule has 1 aromatic heterocycles. The summed E-state index contributed by atoms with van der Waals surface area (Å²) in [6, 6.07) is 7.13. The zero-order chi connectivity index (χ0) is 19.3. The summed E-state index contributed by atoms with van der Waals surface area (Å²) in [6.07, 6.45) is -1.30. The number of anilines is 1. The number of aromatic nitrogens is 1. The number of benzene rings is 1. The van der Waals surface area contributed by atoms with Gasteiger partial charge in [-0.05, 0) is 24.1 Å². The first kappa shape index (κ1) is 19.5. The van der Waals surface area contributed by atoms with Crippen LogP contribution in [0.1, 0.15) is 15.9 Å². The fraction of sp³-hybridized carbons (Fsp3) is 0.188. The molecule has 0 spiro atoms. The van der Waals surface area contributed by atoms with Gasteiger partial charge in [0.2, 0.25) is 0 Å². The number of rotatable bonds is 2. The number of aliphatic carboxylic acids is 1. The summed E-state index contributed by atoms with van der Waals surface area (Å²) in [5.74, 6) is -2.79. The summed E-state index contributed by atoms with van der Waals surface area (Å²) in [4.78, 5) is 24.9. The fourth-order valence-corrected chi connectivity index (χ4v) is 2.31. The Balaban J connectivity index is 0.000000298. The highest BCUT2D eigenvalue weighted by atomic mass is 35.5. The Hall–Kier alpha value is -2.81. The molecular formula is C16H12ClF3N2O4. The lowest BCUT2D eigenvalue weighted by molar-refractivity contribution is -0.192. The van der Waals surface area contributed by atoms with E-state index in [-0.39, 0.29) is 5.97 Å². The third-order valence-electron chi connectivity index (χ3n) is 3.22. The maximum atomic E-state index is 12.2. The molecule has 0 unspecified atom stereocenters. The van der Waals surface area contributed by atoms with Gasteiger partial charge >= 0.3 is 18.1 Å². The minimum Gasteiger partial charge on any atom is -0.475 e. The van der Waals surface area contributed by atoms with Crippen LogP contribution in [0, 0.1) is 0 Å². The number of halogens is 4. The number of esters is 1. The Kier molecular flexibility index (Phi) is 6.04. The fourth-order valence-electron chi connectivity index (χ4n) is 2.15. The molecule has 0 saturated heterocycles. The molecular weight excluding hydrogens is 377 g/mol. The number of pyridine rings is 1. The summed E-state index contributed by atoms with van der Waals surface area (Å²) in [5.41, 5.74) is 2.59. The van der Waals surface area contributed by atoms with Gasteiger partial charge in [-0.15, -0.1) is 0 Å². The number of hydrogen-bond donors (Lipinski definition) is 2. The molecule has 2 N–H and O–H groups in total. The van der Waals surface area contributed by atoms with Gasteiger partial charge in [0.25, 0.3) is 0 Å². The molecule has 6 nitrogen and oxygen atoms in total. The van der Waals surface area contributed by atoms with Crippen molar-refractivity contribution in [3.05, 3.63) is 52.8 Å². The number of nitrogens with zero attached hydrogens (tertiary/aromatic N) is 1. The normalized spacial score (nSPS) is 12.3.